The molecule has 2 rings (SSSR count). The van der Waals surface area contributed by atoms with Gasteiger partial charge in [0.05, 0.1) is 36.4 Å². The Hall–Kier alpha value is -2.53. The monoisotopic (exact) mass is 612 g/mol. The summed E-state index contributed by atoms with van der Waals surface area (Å²) in [5.41, 5.74) is 4.00. The van der Waals surface area contributed by atoms with Gasteiger partial charge in [0.25, 0.3) is 0 Å². The van der Waals surface area contributed by atoms with Crippen molar-refractivity contribution in [3.8, 4) is 0 Å². The van der Waals surface area contributed by atoms with Crippen LogP contribution in [0.1, 0.15) is 60.3 Å². The molecule has 1 aromatic carbocycles. The number of anilines is 1. The van der Waals surface area contributed by atoms with Gasteiger partial charge in [0.2, 0.25) is 0 Å². The third-order valence-corrected chi connectivity index (χ3v) is 7.95. The molecule has 2 atom stereocenters. The predicted molar refractivity (Wildman–Crippen MR) is 185 cm³/mol. The molecule has 1 unspecified atom stereocenters. The number of nitrogens with one attached hydrogen (secondary N) is 3. The fourth-order valence-electron chi connectivity index (χ4n) is 5.22. The number of hydrazone groups is 1. The van der Waals surface area contributed by atoms with E-state index in [2.05, 4.69) is 91.9 Å². The summed E-state index contributed by atoms with van der Waals surface area (Å²) in [4.78, 5) is 2.35. The van der Waals surface area contributed by atoms with Gasteiger partial charge in [-0.2, -0.15) is 5.10 Å². The Kier molecular flexibility index (Phi) is 17.5. The van der Waals surface area contributed by atoms with E-state index >= 15 is 0 Å². The fourth-order valence-corrected chi connectivity index (χ4v) is 5.22. The number of methoxy groups -OCH3 is 1. The van der Waals surface area contributed by atoms with Gasteiger partial charge in [-0.1, -0.05) is 50.3 Å². The number of piperidine rings is 1. The van der Waals surface area contributed by atoms with Gasteiger partial charge in [-0.25, -0.2) is 0 Å². The number of para-hydroxylation sites is 1. The fraction of sp³-hybridized carbons (Fsp3) is 0.629. The summed E-state index contributed by atoms with van der Waals surface area (Å²) in [6.07, 6.45) is 12.0. The quantitative estimate of drug-likeness (QED) is 0.0489. The standard InChI is InChI=1S/C35H60N6O3/c1-8-9-13-30(17-16-29(3)41-23-19-33(43)20-24-41)34(39-40(6)32-14-11-10-12-15-32)28(2)18-21-37-35(4,5)38-31(27-42)26-36-22-25-44-7/h9-17,28,31,33,36-38,42-43H,8,18-27H2,1-7H3/b13-9-,29-16+,30-17+,39-34+/t28?,31-/m1/s1. The Morgan fingerprint density at radius 2 is 1.89 bits per heavy atom. The molecule has 0 aromatic heterocycles. The summed E-state index contributed by atoms with van der Waals surface area (Å²) in [5.74, 6) is 0.167. The molecule has 5 N–H and O–H groups in total. The van der Waals surface area contributed by atoms with Gasteiger partial charge in [-0.05, 0) is 76.8 Å². The van der Waals surface area contributed by atoms with Crippen LogP contribution in [0.2, 0.25) is 0 Å². The van der Waals surface area contributed by atoms with E-state index in [4.69, 9.17) is 9.84 Å². The first-order chi connectivity index (χ1) is 21.1. The minimum absolute atomic E-state index is 0.0486. The summed E-state index contributed by atoms with van der Waals surface area (Å²) in [5, 5.41) is 37.5. The van der Waals surface area contributed by atoms with E-state index in [0.29, 0.717) is 13.2 Å². The number of benzene rings is 1. The maximum Gasteiger partial charge on any atom is 0.0710 e. The van der Waals surface area contributed by atoms with Gasteiger partial charge < -0.3 is 25.2 Å². The van der Waals surface area contributed by atoms with E-state index in [1.807, 2.05) is 30.3 Å². The number of aliphatic hydroxyl groups excluding tert-OH is 2. The highest BCUT2D eigenvalue weighted by molar-refractivity contribution is 6.04. The van der Waals surface area contributed by atoms with E-state index in [-0.39, 0.29) is 30.3 Å². The Balaban J connectivity index is 2.24. The number of aliphatic hydroxyl groups is 2. The summed E-state index contributed by atoms with van der Waals surface area (Å²) < 4.78 is 5.11. The van der Waals surface area contributed by atoms with Crippen LogP contribution in [-0.4, -0.2) is 98.7 Å². The first-order valence-corrected chi connectivity index (χ1v) is 16.3. The van der Waals surface area contributed by atoms with Crippen LogP contribution < -0.4 is 21.0 Å². The molecule has 0 aliphatic carbocycles. The number of allylic oxidation sites excluding steroid dienone is 6. The molecule has 0 radical (unpaired) electrons. The molecule has 1 aliphatic heterocycles. The Labute approximate surface area is 267 Å². The zero-order valence-electron chi connectivity index (χ0n) is 28.4. The molecule has 0 amide bonds. The summed E-state index contributed by atoms with van der Waals surface area (Å²) in [6, 6.07) is 10.2. The van der Waals surface area contributed by atoms with Crippen LogP contribution in [0.5, 0.6) is 0 Å². The molecule has 1 aliphatic rings. The van der Waals surface area contributed by atoms with Gasteiger partial charge in [-0.15, -0.1) is 0 Å². The maximum absolute atomic E-state index is 9.95. The second-order valence-electron chi connectivity index (χ2n) is 12.3. The lowest BCUT2D eigenvalue weighted by atomic mass is 9.94. The SMILES string of the molecule is CC\C=C/C(=C\C=C(/C)N1CCC(O)CC1)C(=N/N(C)c1ccccc1)/C(C)CCNC(C)(C)N[C@@H](CO)CNCCOC. The highest BCUT2D eigenvalue weighted by Gasteiger charge is 2.23. The van der Waals surface area contributed by atoms with Crippen LogP contribution in [0.15, 0.2) is 71.0 Å². The van der Waals surface area contributed by atoms with Crippen LogP contribution in [0.25, 0.3) is 0 Å². The van der Waals surface area contributed by atoms with Gasteiger partial charge in [0.1, 0.15) is 0 Å². The molecule has 0 saturated carbocycles. The topological polar surface area (TPSA) is 105 Å². The van der Waals surface area contributed by atoms with Crippen molar-refractivity contribution >= 4 is 11.4 Å². The molecule has 1 saturated heterocycles. The largest absolute Gasteiger partial charge is 0.395 e. The molecule has 0 bridgehead atoms. The number of hydrogen-bond donors (Lipinski definition) is 5. The number of rotatable bonds is 20. The van der Waals surface area contributed by atoms with E-state index < -0.39 is 0 Å². The van der Waals surface area contributed by atoms with Crippen molar-refractivity contribution in [2.75, 3.05) is 65.1 Å². The number of hydrogen-bond acceptors (Lipinski definition) is 9. The van der Waals surface area contributed by atoms with Gasteiger partial charge >= 0.3 is 0 Å². The average molecular weight is 613 g/mol. The second-order valence-corrected chi connectivity index (χ2v) is 12.3. The third kappa shape index (κ3) is 14.1. The molecule has 1 heterocycles. The van der Waals surface area contributed by atoms with Gasteiger partial charge in [0, 0.05) is 58.0 Å². The Morgan fingerprint density at radius 1 is 1.18 bits per heavy atom. The van der Waals surface area contributed by atoms with E-state index in [9.17, 15) is 10.2 Å². The van der Waals surface area contributed by atoms with E-state index in [1.165, 1.54) is 5.70 Å². The highest BCUT2D eigenvalue weighted by atomic mass is 16.5. The summed E-state index contributed by atoms with van der Waals surface area (Å²) >= 11 is 0. The van der Waals surface area contributed by atoms with Gasteiger partial charge in [-0.3, -0.25) is 15.6 Å². The third-order valence-electron chi connectivity index (χ3n) is 7.95. The predicted octanol–water partition coefficient (Wildman–Crippen LogP) is 4.27. The smallest absolute Gasteiger partial charge is 0.0710 e. The molecule has 1 fully saturated rings. The average Bonchev–Trinajstić information content (AvgIpc) is 3.02. The minimum atomic E-state index is -0.364. The van der Waals surface area contributed by atoms with Crippen molar-refractivity contribution in [1.29, 1.82) is 0 Å². The Bertz CT molecular complexity index is 1050. The van der Waals surface area contributed by atoms with Crippen LogP contribution in [-0.2, 0) is 4.74 Å². The molecular weight excluding hydrogens is 552 g/mol. The molecular formula is C35H60N6O3. The second kappa shape index (κ2) is 20.5. The number of likely N-dealkylation sites (tertiary alicyclic amines) is 1. The van der Waals surface area contributed by atoms with Crippen molar-refractivity contribution in [1.82, 2.24) is 20.9 Å². The minimum Gasteiger partial charge on any atom is -0.395 e. The first kappa shape index (κ1) is 37.7. The lowest BCUT2D eigenvalue weighted by molar-refractivity contribution is 0.0972. The zero-order valence-corrected chi connectivity index (χ0v) is 28.4. The number of ether oxygens (including phenoxy) is 1. The van der Waals surface area contributed by atoms with Crippen LogP contribution in [0, 0.1) is 5.92 Å². The lowest BCUT2D eigenvalue weighted by Gasteiger charge is -2.33. The zero-order chi connectivity index (χ0) is 32.4. The van der Waals surface area contributed by atoms with Crippen LogP contribution >= 0.6 is 0 Å². The van der Waals surface area contributed by atoms with E-state index in [0.717, 1.165) is 68.8 Å². The normalized spacial score (nSPS) is 17.4. The maximum atomic E-state index is 9.95. The van der Waals surface area contributed by atoms with Crippen molar-refractivity contribution in [2.24, 2.45) is 11.0 Å². The van der Waals surface area contributed by atoms with Crippen molar-refractivity contribution < 1.29 is 14.9 Å². The van der Waals surface area contributed by atoms with Crippen molar-refractivity contribution in [2.45, 2.75) is 78.1 Å². The number of nitrogens with zero attached hydrogens (tertiary/aromatic N) is 3. The molecule has 9 heteroatoms. The summed E-state index contributed by atoms with van der Waals surface area (Å²) in [6.45, 7) is 15.4. The van der Waals surface area contributed by atoms with Gasteiger partial charge in [0.15, 0.2) is 0 Å². The molecule has 44 heavy (non-hydrogen) atoms. The Morgan fingerprint density at radius 3 is 2.52 bits per heavy atom. The lowest BCUT2D eigenvalue weighted by Crippen LogP contribution is -2.59. The van der Waals surface area contributed by atoms with Crippen molar-refractivity contribution in [3.05, 3.63) is 65.9 Å². The van der Waals surface area contributed by atoms with Crippen molar-refractivity contribution in [3.63, 3.8) is 0 Å². The van der Waals surface area contributed by atoms with Crippen LogP contribution in [0.4, 0.5) is 5.69 Å². The van der Waals surface area contributed by atoms with E-state index in [1.54, 1.807) is 7.11 Å². The molecule has 0 spiro atoms. The first-order valence-electron chi connectivity index (χ1n) is 16.3. The molecule has 1 aromatic rings. The highest BCUT2D eigenvalue weighted by Crippen LogP contribution is 2.21. The molecule has 248 valence electrons. The summed E-state index contributed by atoms with van der Waals surface area (Å²) in [7, 11) is 3.69. The van der Waals surface area contributed by atoms with Crippen LogP contribution in [0.3, 0.4) is 0 Å². The molecule has 9 nitrogen and oxygen atoms in total.